The van der Waals surface area contributed by atoms with E-state index in [9.17, 15) is 15.4 Å². The van der Waals surface area contributed by atoms with Crippen LogP contribution in [0, 0.1) is 21.4 Å². The number of non-ortho nitro benzene ring substituents is 1. The molecule has 3 rings (SSSR count). The Morgan fingerprint density at radius 2 is 1.89 bits per heavy atom. The zero-order valence-corrected chi connectivity index (χ0v) is 16.3. The van der Waals surface area contributed by atoms with Gasteiger partial charge in [0.25, 0.3) is 5.69 Å². The molecule has 7 heteroatoms. The van der Waals surface area contributed by atoms with Gasteiger partial charge in [-0.2, -0.15) is 5.26 Å². The van der Waals surface area contributed by atoms with Crippen LogP contribution in [0.25, 0.3) is 22.9 Å². The molecule has 0 fully saturated rings. The molecule has 0 saturated heterocycles. The van der Waals surface area contributed by atoms with Crippen molar-refractivity contribution in [3.05, 3.63) is 91.2 Å². The highest BCUT2D eigenvalue weighted by Gasteiger charge is 2.11. The van der Waals surface area contributed by atoms with Crippen LogP contribution in [-0.2, 0) is 0 Å². The van der Waals surface area contributed by atoms with E-state index in [1.807, 2.05) is 41.8 Å². The second-order valence-corrected chi connectivity index (χ2v) is 7.23. The number of allylic oxidation sites excluding steroid dienone is 3. The topological polar surface area (TPSA) is 79.8 Å². The maximum absolute atomic E-state index is 10.8. The van der Waals surface area contributed by atoms with E-state index in [4.69, 9.17) is 0 Å². The maximum Gasteiger partial charge on any atom is 0.269 e. The van der Waals surface area contributed by atoms with Crippen LogP contribution in [0.15, 0.2) is 70.5 Å². The third kappa shape index (κ3) is 4.76. The van der Waals surface area contributed by atoms with Gasteiger partial charge in [-0.05, 0) is 29.8 Å². The van der Waals surface area contributed by atoms with Crippen LogP contribution in [0.4, 0.5) is 5.69 Å². The van der Waals surface area contributed by atoms with Crippen molar-refractivity contribution in [1.29, 1.82) is 5.26 Å². The van der Waals surface area contributed by atoms with E-state index in [1.54, 1.807) is 18.2 Å². The van der Waals surface area contributed by atoms with Crippen molar-refractivity contribution in [3.8, 4) is 17.3 Å². The Bertz CT molecular complexity index is 1060. The van der Waals surface area contributed by atoms with Crippen LogP contribution in [0.3, 0.4) is 0 Å². The molecule has 0 N–H and O–H groups in total. The number of nitro benzene ring substituents is 1. The van der Waals surface area contributed by atoms with E-state index in [2.05, 4.69) is 27.0 Å². The van der Waals surface area contributed by atoms with E-state index >= 15 is 0 Å². The molecule has 0 radical (unpaired) electrons. The first kappa shape index (κ1) is 18.7. The molecule has 0 spiro atoms. The fourth-order valence-electron chi connectivity index (χ4n) is 2.31. The molecule has 0 amide bonds. The van der Waals surface area contributed by atoms with Crippen LogP contribution in [0.1, 0.15) is 10.6 Å². The third-order valence-electron chi connectivity index (χ3n) is 3.62. The second kappa shape index (κ2) is 8.54. The number of aromatic nitrogens is 1. The molecular formula is C20H12BrN3O2S. The second-order valence-electron chi connectivity index (χ2n) is 5.45. The molecule has 1 aromatic heterocycles. The van der Waals surface area contributed by atoms with Gasteiger partial charge in [0.15, 0.2) is 0 Å². The standard InChI is InChI=1S/C20H12BrN3O2S/c21-17(10-14-4-2-1-3-5-14)11-16(12-22)20-23-19(13-27-20)15-6-8-18(9-7-15)24(25)26/h1-11,13H/b16-11-,17-10-. The Morgan fingerprint density at radius 3 is 2.52 bits per heavy atom. The number of benzene rings is 2. The molecular weight excluding hydrogens is 426 g/mol. The molecule has 1 heterocycles. The van der Waals surface area contributed by atoms with Gasteiger partial charge in [-0.25, -0.2) is 4.98 Å². The van der Waals surface area contributed by atoms with Gasteiger partial charge in [-0.3, -0.25) is 10.1 Å². The van der Waals surface area contributed by atoms with Gasteiger partial charge in [0.2, 0.25) is 0 Å². The fourth-order valence-corrected chi connectivity index (χ4v) is 3.60. The summed E-state index contributed by atoms with van der Waals surface area (Å²) in [6, 6.07) is 18.1. The summed E-state index contributed by atoms with van der Waals surface area (Å²) >= 11 is 4.83. The van der Waals surface area contributed by atoms with Crippen molar-refractivity contribution in [3.63, 3.8) is 0 Å². The lowest BCUT2D eigenvalue weighted by molar-refractivity contribution is -0.384. The lowest BCUT2D eigenvalue weighted by atomic mass is 10.1. The molecule has 0 saturated carbocycles. The van der Waals surface area contributed by atoms with Crippen molar-refractivity contribution >= 4 is 44.6 Å². The Balaban J connectivity index is 1.86. The summed E-state index contributed by atoms with van der Waals surface area (Å²) in [4.78, 5) is 14.8. The van der Waals surface area contributed by atoms with E-state index in [0.29, 0.717) is 16.3 Å². The minimum atomic E-state index is -0.441. The fraction of sp³-hybridized carbons (Fsp3) is 0. The summed E-state index contributed by atoms with van der Waals surface area (Å²) in [6.07, 6.45) is 3.65. The van der Waals surface area contributed by atoms with Crippen LogP contribution in [-0.4, -0.2) is 9.91 Å². The minimum absolute atomic E-state index is 0.0294. The van der Waals surface area contributed by atoms with E-state index in [0.717, 1.165) is 15.6 Å². The van der Waals surface area contributed by atoms with Crippen molar-refractivity contribution in [1.82, 2.24) is 4.98 Å². The molecule has 2 aromatic carbocycles. The van der Waals surface area contributed by atoms with Gasteiger partial charge < -0.3 is 0 Å². The average Bonchev–Trinajstić information content (AvgIpc) is 3.17. The lowest BCUT2D eigenvalue weighted by Gasteiger charge is -1.97. The molecule has 0 aliphatic heterocycles. The lowest BCUT2D eigenvalue weighted by Crippen LogP contribution is -1.87. The van der Waals surface area contributed by atoms with Crippen molar-refractivity contribution < 1.29 is 4.92 Å². The van der Waals surface area contributed by atoms with Gasteiger partial charge in [0.05, 0.1) is 16.2 Å². The summed E-state index contributed by atoms with van der Waals surface area (Å²) in [5.41, 5.74) is 2.92. The van der Waals surface area contributed by atoms with Crippen molar-refractivity contribution in [2.75, 3.05) is 0 Å². The monoisotopic (exact) mass is 437 g/mol. The SMILES string of the molecule is N#C/C(=C/C(Br)=C/c1ccccc1)c1nc(-c2ccc([N+](=O)[O-])cc2)cs1. The van der Waals surface area contributed by atoms with Crippen LogP contribution >= 0.6 is 27.3 Å². The maximum atomic E-state index is 10.8. The largest absolute Gasteiger partial charge is 0.269 e. The molecule has 132 valence electrons. The highest BCUT2D eigenvalue weighted by atomic mass is 79.9. The van der Waals surface area contributed by atoms with Gasteiger partial charge in [-0.15, -0.1) is 11.3 Å². The van der Waals surface area contributed by atoms with Gasteiger partial charge in [-0.1, -0.05) is 46.3 Å². The first-order valence-corrected chi connectivity index (χ1v) is 9.49. The Labute approximate surface area is 168 Å². The molecule has 3 aromatic rings. The van der Waals surface area contributed by atoms with Crippen LogP contribution in [0.5, 0.6) is 0 Å². The summed E-state index contributed by atoms with van der Waals surface area (Å²) in [5.74, 6) is 0. The molecule has 0 atom stereocenters. The third-order valence-corrected chi connectivity index (χ3v) is 4.95. The summed E-state index contributed by atoms with van der Waals surface area (Å²) in [6.45, 7) is 0. The zero-order chi connectivity index (χ0) is 19.2. The normalized spacial score (nSPS) is 11.9. The smallest absolute Gasteiger partial charge is 0.258 e. The summed E-state index contributed by atoms with van der Waals surface area (Å²) in [5, 5.41) is 22.7. The number of halogens is 1. The van der Waals surface area contributed by atoms with Crippen LogP contribution < -0.4 is 0 Å². The number of rotatable bonds is 5. The predicted molar refractivity (Wildman–Crippen MR) is 111 cm³/mol. The summed E-state index contributed by atoms with van der Waals surface area (Å²) in [7, 11) is 0. The highest BCUT2D eigenvalue weighted by molar-refractivity contribution is 9.12. The highest BCUT2D eigenvalue weighted by Crippen LogP contribution is 2.28. The molecule has 0 bridgehead atoms. The minimum Gasteiger partial charge on any atom is -0.258 e. The van der Waals surface area contributed by atoms with Gasteiger partial charge in [0, 0.05) is 27.6 Å². The number of hydrogen-bond donors (Lipinski definition) is 0. The van der Waals surface area contributed by atoms with Crippen molar-refractivity contribution in [2.24, 2.45) is 0 Å². The number of nitrogens with zero attached hydrogens (tertiary/aromatic N) is 3. The van der Waals surface area contributed by atoms with Crippen LogP contribution in [0.2, 0.25) is 0 Å². The number of nitriles is 1. The molecule has 0 unspecified atom stereocenters. The van der Waals surface area contributed by atoms with E-state index in [-0.39, 0.29) is 5.69 Å². The number of nitro groups is 1. The summed E-state index contributed by atoms with van der Waals surface area (Å²) < 4.78 is 0.761. The number of thiazole rings is 1. The molecule has 0 aliphatic carbocycles. The quantitative estimate of drug-likeness (QED) is 0.210. The molecule has 27 heavy (non-hydrogen) atoms. The van der Waals surface area contributed by atoms with Gasteiger partial charge >= 0.3 is 0 Å². The Hall–Kier alpha value is -3.08. The first-order chi connectivity index (χ1) is 13.1. The van der Waals surface area contributed by atoms with Gasteiger partial charge in [0.1, 0.15) is 11.1 Å². The van der Waals surface area contributed by atoms with Crippen molar-refractivity contribution in [2.45, 2.75) is 0 Å². The molecule has 0 aliphatic rings. The predicted octanol–water partition coefficient (Wildman–Crippen LogP) is 6.06. The van der Waals surface area contributed by atoms with E-state index in [1.165, 1.54) is 23.5 Å². The number of hydrogen-bond acceptors (Lipinski definition) is 5. The molecule has 5 nitrogen and oxygen atoms in total. The average molecular weight is 438 g/mol. The Morgan fingerprint density at radius 1 is 1.19 bits per heavy atom. The van der Waals surface area contributed by atoms with E-state index < -0.39 is 4.92 Å². The first-order valence-electron chi connectivity index (χ1n) is 7.81. The zero-order valence-electron chi connectivity index (χ0n) is 13.9. The Kier molecular flexibility index (Phi) is 5.91.